The molecule has 0 saturated heterocycles. The summed E-state index contributed by atoms with van der Waals surface area (Å²) in [5.41, 5.74) is 5.98. The molecule has 0 aliphatic carbocycles. The number of benzene rings is 1. The summed E-state index contributed by atoms with van der Waals surface area (Å²) in [6, 6.07) is 15.1. The third-order valence-electron chi connectivity index (χ3n) is 3.56. The molecule has 0 spiro atoms. The molecule has 0 aliphatic heterocycles. The SMILES string of the molecule is Cn1cccc1C(=O)NNC(=O)c1occc1CSc1ccccc1. The van der Waals surface area contributed by atoms with Gasteiger partial charge in [-0.3, -0.25) is 20.4 Å². The van der Waals surface area contributed by atoms with Crippen molar-refractivity contribution in [3.8, 4) is 0 Å². The molecule has 0 unspecified atom stereocenters. The van der Waals surface area contributed by atoms with Crippen molar-refractivity contribution in [1.82, 2.24) is 15.4 Å². The molecule has 3 aromatic rings. The van der Waals surface area contributed by atoms with E-state index in [1.54, 1.807) is 47.8 Å². The Morgan fingerprint density at radius 1 is 1.04 bits per heavy atom. The lowest BCUT2D eigenvalue weighted by molar-refractivity contribution is 0.0826. The molecule has 2 heterocycles. The Bertz CT molecular complexity index is 871. The van der Waals surface area contributed by atoms with Crippen molar-refractivity contribution in [1.29, 1.82) is 0 Å². The molecule has 2 amide bonds. The number of hydrazine groups is 1. The van der Waals surface area contributed by atoms with Crippen molar-refractivity contribution >= 4 is 23.6 Å². The number of aryl methyl sites for hydroxylation is 1. The van der Waals surface area contributed by atoms with Gasteiger partial charge in [0.25, 0.3) is 5.91 Å². The zero-order chi connectivity index (χ0) is 17.6. The van der Waals surface area contributed by atoms with Gasteiger partial charge in [0.15, 0.2) is 5.76 Å². The lowest BCUT2D eigenvalue weighted by atomic mass is 10.3. The lowest BCUT2D eigenvalue weighted by Gasteiger charge is -2.08. The average Bonchev–Trinajstić information content (AvgIpc) is 3.27. The fourth-order valence-corrected chi connectivity index (χ4v) is 3.16. The molecule has 7 heteroatoms. The first kappa shape index (κ1) is 16.9. The van der Waals surface area contributed by atoms with Gasteiger partial charge >= 0.3 is 5.91 Å². The van der Waals surface area contributed by atoms with Crippen LogP contribution in [0, 0.1) is 0 Å². The van der Waals surface area contributed by atoms with E-state index in [0.29, 0.717) is 11.4 Å². The van der Waals surface area contributed by atoms with Crippen LogP contribution in [0.25, 0.3) is 0 Å². The first-order valence-corrected chi connectivity index (χ1v) is 8.60. The number of rotatable bonds is 5. The topological polar surface area (TPSA) is 76.3 Å². The molecule has 2 aromatic heterocycles. The summed E-state index contributed by atoms with van der Waals surface area (Å²) in [5.74, 6) is -0.103. The molecule has 128 valence electrons. The van der Waals surface area contributed by atoms with Crippen LogP contribution >= 0.6 is 11.8 Å². The van der Waals surface area contributed by atoms with Gasteiger partial charge in [-0.25, -0.2) is 0 Å². The van der Waals surface area contributed by atoms with E-state index in [0.717, 1.165) is 10.5 Å². The van der Waals surface area contributed by atoms with E-state index in [1.165, 1.54) is 6.26 Å². The standard InChI is InChI=1S/C18H17N3O3S/c1-21-10-5-8-15(21)17(22)19-20-18(23)16-13(9-11-24-16)12-25-14-6-3-2-4-7-14/h2-11H,12H2,1H3,(H,19,22)(H,20,23). The Morgan fingerprint density at radius 2 is 1.80 bits per heavy atom. The molecule has 0 radical (unpaired) electrons. The van der Waals surface area contributed by atoms with E-state index in [1.807, 2.05) is 30.3 Å². The minimum Gasteiger partial charge on any atom is -0.459 e. The van der Waals surface area contributed by atoms with Crippen LogP contribution in [0.2, 0.25) is 0 Å². The minimum atomic E-state index is -0.490. The Morgan fingerprint density at radius 3 is 2.52 bits per heavy atom. The summed E-state index contributed by atoms with van der Waals surface area (Å²) in [7, 11) is 1.75. The maximum atomic E-state index is 12.3. The Kier molecular flexibility index (Phi) is 5.25. The Hall–Kier alpha value is -2.93. The van der Waals surface area contributed by atoms with Crippen LogP contribution in [0.3, 0.4) is 0 Å². The predicted molar refractivity (Wildman–Crippen MR) is 95.1 cm³/mol. The van der Waals surface area contributed by atoms with Gasteiger partial charge < -0.3 is 8.98 Å². The van der Waals surface area contributed by atoms with Crippen LogP contribution in [0.15, 0.2) is 70.3 Å². The number of thioether (sulfide) groups is 1. The fraction of sp³-hybridized carbons (Fsp3) is 0.111. The van der Waals surface area contributed by atoms with E-state index >= 15 is 0 Å². The van der Waals surface area contributed by atoms with Crippen molar-refractivity contribution in [3.63, 3.8) is 0 Å². The fourth-order valence-electron chi connectivity index (χ4n) is 2.26. The van der Waals surface area contributed by atoms with E-state index in [-0.39, 0.29) is 5.76 Å². The van der Waals surface area contributed by atoms with Gasteiger partial charge in [-0.15, -0.1) is 11.8 Å². The normalized spacial score (nSPS) is 10.4. The van der Waals surface area contributed by atoms with Crippen molar-refractivity contribution in [2.24, 2.45) is 7.05 Å². The van der Waals surface area contributed by atoms with Crippen molar-refractivity contribution in [3.05, 3.63) is 78.0 Å². The summed E-state index contributed by atoms with van der Waals surface area (Å²) in [6.45, 7) is 0. The van der Waals surface area contributed by atoms with Gasteiger partial charge in [0, 0.05) is 29.5 Å². The Balaban J connectivity index is 1.59. The first-order valence-electron chi connectivity index (χ1n) is 7.61. The van der Waals surface area contributed by atoms with Crippen molar-refractivity contribution < 1.29 is 14.0 Å². The number of nitrogens with zero attached hydrogens (tertiary/aromatic N) is 1. The zero-order valence-electron chi connectivity index (χ0n) is 13.6. The van der Waals surface area contributed by atoms with E-state index < -0.39 is 11.8 Å². The third-order valence-corrected chi connectivity index (χ3v) is 4.62. The summed E-state index contributed by atoms with van der Waals surface area (Å²) in [6.07, 6.45) is 3.22. The highest BCUT2D eigenvalue weighted by Gasteiger charge is 2.17. The average molecular weight is 355 g/mol. The predicted octanol–water partition coefficient (Wildman–Crippen LogP) is 2.99. The highest BCUT2D eigenvalue weighted by molar-refractivity contribution is 7.98. The second-order valence-corrected chi connectivity index (χ2v) is 6.34. The van der Waals surface area contributed by atoms with Gasteiger partial charge in [-0.05, 0) is 30.3 Å². The number of carbonyl (C=O) groups excluding carboxylic acids is 2. The van der Waals surface area contributed by atoms with E-state index in [9.17, 15) is 9.59 Å². The van der Waals surface area contributed by atoms with Crippen LogP contribution in [-0.2, 0) is 12.8 Å². The van der Waals surface area contributed by atoms with E-state index in [2.05, 4.69) is 10.9 Å². The van der Waals surface area contributed by atoms with Crippen molar-refractivity contribution in [2.75, 3.05) is 0 Å². The molecule has 2 N–H and O–H groups in total. The molecule has 6 nitrogen and oxygen atoms in total. The molecule has 1 aromatic carbocycles. The molecular weight excluding hydrogens is 338 g/mol. The zero-order valence-corrected chi connectivity index (χ0v) is 14.4. The summed E-state index contributed by atoms with van der Waals surface area (Å²) in [5, 5.41) is 0. The van der Waals surface area contributed by atoms with Gasteiger partial charge in [0.2, 0.25) is 0 Å². The molecule has 0 atom stereocenters. The quantitative estimate of drug-likeness (QED) is 0.545. The Labute approximate surface area is 149 Å². The maximum Gasteiger partial charge on any atom is 0.305 e. The number of nitrogens with one attached hydrogen (secondary N) is 2. The molecule has 0 aliphatic rings. The number of aromatic nitrogens is 1. The van der Waals surface area contributed by atoms with Crippen LogP contribution in [-0.4, -0.2) is 16.4 Å². The minimum absolute atomic E-state index is 0.190. The number of carbonyl (C=O) groups is 2. The first-order chi connectivity index (χ1) is 12.1. The van der Waals surface area contributed by atoms with Crippen LogP contribution in [0.1, 0.15) is 26.6 Å². The maximum absolute atomic E-state index is 12.3. The molecule has 3 rings (SSSR count). The number of amides is 2. The number of hydrogen-bond donors (Lipinski definition) is 2. The lowest BCUT2D eigenvalue weighted by Crippen LogP contribution is -2.42. The molecule has 0 saturated carbocycles. The summed E-state index contributed by atoms with van der Waals surface area (Å²) >= 11 is 1.60. The monoisotopic (exact) mass is 355 g/mol. The second-order valence-electron chi connectivity index (χ2n) is 5.29. The van der Waals surface area contributed by atoms with Gasteiger partial charge in [0.05, 0.1) is 6.26 Å². The molecule has 0 bridgehead atoms. The highest BCUT2D eigenvalue weighted by atomic mass is 32.2. The van der Waals surface area contributed by atoms with Crippen molar-refractivity contribution in [2.45, 2.75) is 10.6 Å². The molecule has 0 fully saturated rings. The molecular formula is C18H17N3O3S. The third kappa shape index (κ3) is 4.13. The second kappa shape index (κ2) is 7.76. The number of furan rings is 1. The highest BCUT2D eigenvalue weighted by Crippen LogP contribution is 2.24. The van der Waals surface area contributed by atoms with Gasteiger partial charge in [-0.2, -0.15) is 0 Å². The molecule has 25 heavy (non-hydrogen) atoms. The largest absolute Gasteiger partial charge is 0.459 e. The number of hydrogen-bond acceptors (Lipinski definition) is 4. The van der Waals surface area contributed by atoms with Crippen LogP contribution in [0.4, 0.5) is 0 Å². The van der Waals surface area contributed by atoms with Crippen LogP contribution in [0.5, 0.6) is 0 Å². The van der Waals surface area contributed by atoms with Gasteiger partial charge in [-0.1, -0.05) is 18.2 Å². The van der Waals surface area contributed by atoms with E-state index in [4.69, 9.17) is 4.42 Å². The van der Waals surface area contributed by atoms with Gasteiger partial charge in [0.1, 0.15) is 5.69 Å². The smallest absolute Gasteiger partial charge is 0.305 e. The van der Waals surface area contributed by atoms with Crippen LogP contribution < -0.4 is 10.9 Å². The summed E-state index contributed by atoms with van der Waals surface area (Å²) in [4.78, 5) is 25.4. The summed E-state index contributed by atoms with van der Waals surface area (Å²) < 4.78 is 6.94.